The Labute approximate surface area is 199 Å². The highest BCUT2D eigenvalue weighted by molar-refractivity contribution is 7.29. The smallest absolute Gasteiger partial charge is 0.0795 e. The molecule has 0 atom stereocenters. The third-order valence-electron chi connectivity index (χ3n) is 6.68. The summed E-state index contributed by atoms with van der Waals surface area (Å²) >= 11 is 4.01. The SMILES string of the molecule is C[Si](C)(C)c1cc2cc([Si](C)(C)C)c3sc4ccccc4c3c2c2c1sc1ccccc12. The van der Waals surface area contributed by atoms with Crippen molar-refractivity contribution in [1.29, 1.82) is 0 Å². The standard InChI is InChI=1S/C28H28S2Si2/c1-31(2,3)22-15-17-16-23(32(4,5)6)28-26(19-12-8-10-14-21(19)30-28)24(17)25-18-11-7-9-13-20(18)29-27(22)25/h7-16H,1-6H3. The fourth-order valence-electron chi connectivity index (χ4n) is 5.12. The Balaban J connectivity index is 2.00. The van der Waals surface area contributed by atoms with E-state index in [0.29, 0.717) is 0 Å². The van der Waals surface area contributed by atoms with Crippen molar-refractivity contribution in [3.8, 4) is 0 Å². The zero-order valence-corrected chi connectivity index (χ0v) is 23.2. The monoisotopic (exact) mass is 484 g/mol. The molecule has 6 aromatic rings. The molecule has 32 heavy (non-hydrogen) atoms. The molecule has 0 unspecified atom stereocenters. The van der Waals surface area contributed by atoms with Gasteiger partial charge in [-0.25, -0.2) is 0 Å². The zero-order chi connectivity index (χ0) is 22.4. The average Bonchev–Trinajstić information content (AvgIpc) is 3.29. The summed E-state index contributed by atoms with van der Waals surface area (Å²) in [6.07, 6.45) is 0. The predicted molar refractivity (Wildman–Crippen MR) is 156 cm³/mol. The van der Waals surface area contributed by atoms with Gasteiger partial charge in [-0.05, 0) is 27.9 Å². The van der Waals surface area contributed by atoms with E-state index in [1.807, 2.05) is 22.7 Å². The molecule has 0 bridgehead atoms. The molecule has 0 aliphatic carbocycles. The average molecular weight is 485 g/mol. The van der Waals surface area contributed by atoms with Crippen molar-refractivity contribution in [1.82, 2.24) is 0 Å². The van der Waals surface area contributed by atoms with Crippen LogP contribution in [0.4, 0.5) is 0 Å². The van der Waals surface area contributed by atoms with E-state index in [2.05, 4.69) is 99.9 Å². The molecule has 2 heterocycles. The molecule has 0 spiro atoms. The largest absolute Gasteiger partial charge is 0.135 e. The fourth-order valence-corrected chi connectivity index (χ4v) is 12.3. The van der Waals surface area contributed by atoms with E-state index in [0.717, 1.165) is 0 Å². The van der Waals surface area contributed by atoms with Gasteiger partial charge < -0.3 is 0 Å². The van der Waals surface area contributed by atoms with Gasteiger partial charge in [0.05, 0.1) is 16.1 Å². The number of rotatable bonds is 2. The van der Waals surface area contributed by atoms with Crippen LogP contribution in [0.2, 0.25) is 39.3 Å². The van der Waals surface area contributed by atoms with Crippen molar-refractivity contribution >= 4 is 100 Å². The van der Waals surface area contributed by atoms with Crippen molar-refractivity contribution in [2.45, 2.75) is 39.3 Å². The molecule has 0 saturated carbocycles. The summed E-state index contributed by atoms with van der Waals surface area (Å²) in [5, 5.41) is 12.0. The minimum absolute atomic E-state index is 1.41. The minimum atomic E-state index is -1.52. The highest BCUT2D eigenvalue weighted by atomic mass is 32.1. The summed E-state index contributed by atoms with van der Waals surface area (Å²) in [6.45, 7) is 15.0. The quantitative estimate of drug-likeness (QED) is 0.216. The summed E-state index contributed by atoms with van der Waals surface area (Å²) in [4.78, 5) is 0. The Morgan fingerprint density at radius 3 is 1.34 bits per heavy atom. The van der Waals surface area contributed by atoms with Gasteiger partial charge in [-0.1, -0.05) is 87.8 Å². The van der Waals surface area contributed by atoms with Crippen molar-refractivity contribution < 1.29 is 0 Å². The predicted octanol–water partition coefficient (Wildman–Crippen LogP) is 8.67. The van der Waals surface area contributed by atoms with Crippen LogP contribution in [0.15, 0.2) is 60.7 Å². The first-order valence-corrected chi connectivity index (χ1v) is 20.0. The summed E-state index contributed by atoms with van der Waals surface area (Å²) in [6, 6.07) is 23.2. The van der Waals surface area contributed by atoms with Gasteiger partial charge in [-0.3, -0.25) is 0 Å². The molecule has 0 saturated heterocycles. The molecule has 4 heteroatoms. The molecule has 0 radical (unpaired) electrons. The number of hydrogen-bond donors (Lipinski definition) is 0. The van der Waals surface area contributed by atoms with Gasteiger partial charge in [0.15, 0.2) is 0 Å². The maximum atomic E-state index is 2.58. The van der Waals surface area contributed by atoms with Crippen LogP contribution in [0, 0.1) is 0 Å². The van der Waals surface area contributed by atoms with Crippen LogP contribution in [0.1, 0.15) is 0 Å². The van der Waals surface area contributed by atoms with Crippen molar-refractivity contribution in [2.75, 3.05) is 0 Å². The molecule has 160 valence electrons. The molecule has 6 rings (SSSR count). The second-order valence-corrected chi connectivity index (χ2v) is 23.2. The Hall–Kier alpha value is -1.99. The second-order valence-electron chi connectivity index (χ2n) is 11.1. The van der Waals surface area contributed by atoms with Gasteiger partial charge in [0, 0.05) is 45.7 Å². The topological polar surface area (TPSA) is 0 Å². The third-order valence-corrected chi connectivity index (χ3v) is 13.5. The number of thiophene rings is 2. The lowest BCUT2D eigenvalue weighted by molar-refractivity contribution is 1.76. The van der Waals surface area contributed by atoms with Crippen LogP contribution in [0.25, 0.3) is 51.1 Å². The summed E-state index contributed by atoms with van der Waals surface area (Å²) in [7, 11) is -3.04. The van der Waals surface area contributed by atoms with E-state index in [9.17, 15) is 0 Å². The molecule has 0 nitrogen and oxygen atoms in total. The van der Waals surface area contributed by atoms with Gasteiger partial charge in [-0.15, -0.1) is 22.7 Å². The summed E-state index contributed by atoms with van der Waals surface area (Å²) < 4.78 is 5.87. The zero-order valence-electron chi connectivity index (χ0n) is 19.6. The van der Waals surface area contributed by atoms with E-state index >= 15 is 0 Å². The lowest BCUT2D eigenvalue weighted by Crippen LogP contribution is -2.39. The molecule has 0 amide bonds. The van der Waals surface area contributed by atoms with Crippen LogP contribution in [-0.4, -0.2) is 16.1 Å². The first-order valence-electron chi connectivity index (χ1n) is 11.4. The molecule has 2 aromatic heterocycles. The van der Waals surface area contributed by atoms with E-state index in [1.54, 1.807) is 10.4 Å². The van der Waals surface area contributed by atoms with Crippen LogP contribution < -0.4 is 10.4 Å². The number of fused-ring (bicyclic) bond motifs is 9. The lowest BCUT2D eigenvalue weighted by atomic mass is 9.98. The normalized spacial score (nSPS) is 13.3. The van der Waals surface area contributed by atoms with Crippen LogP contribution in [-0.2, 0) is 0 Å². The molecular formula is C28H28S2Si2. The molecule has 0 N–H and O–H groups in total. The molecule has 0 fully saturated rings. The maximum absolute atomic E-state index is 2.58. The highest BCUT2D eigenvalue weighted by Gasteiger charge is 2.28. The first kappa shape index (κ1) is 20.6. The van der Waals surface area contributed by atoms with Gasteiger partial charge in [0.1, 0.15) is 0 Å². The summed E-state index contributed by atoms with van der Waals surface area (Å²) in [5.74, 6) is 0. The van der Waals surface area contributed by atoms with Crippen molar-refractivity contribution in [3.05, 3.63) is 60.7 Å². The molecule has 0 aliphatic rings. The molecule has 0 aliphatic heterocycles. The minimum Gasteiger partial charge on any atom is -0.135 e. The van der Waals surface area contributed by atoms with Gasteiger partial charge in [0.2, 0.25) is 0 Å². The van der Waals surface area contributed by atoms with E-state index in [1.165, 1.54) is 51.1 Å². The van der Waals surface area contributed by atoms with Gasteiger partial charge in [0.25, 0.3) is 0 Å². The molecule has 4 aromatic carbocycles. The highest BCUT2D eigenvalue weighted by Crippen LogP contribution is 2.45. The van der Waals surface area contributed by atoms with Crippen LogP contribution in [0.5, 0.6) is 0 Å². The van der Waals surface area contributed by atoms with Gasteiger partial charge >= 0.3 is 0 Å². The molecular weight excluding hydrogens is 457 g/mol. The Morgan fingerprint density at radius 2 is 0.938 bits per heavy atom. The van der Waals surface area contributed by atoms with E-state index in [4.69, 9.17) is 0 Å². The second kappa shape index (κ2) is 6.77. The van der Waals surface area contributed by atoms with Gasteiger partial charge in [-0.2, -0.15) is 0 Å². The number of hydrogen-bond acceptors (Lipinski definition) is 2. The summed E-state index contributed by atoms with van der Waals surface area (Å²) in [5.41, 5.74) is 0. The van der Waals surface area contributed by atoms with E-state index < -0.39 is 16.1 Å². The lowest BCUT2D eigenvalue weighted by Gasteiger charge is -2.22. The van der Waals surface area contributed by atoms with E-state index in [-0.39, 0.29) is 0 Å². The number of benzene rings is 4. The Morgan fingerprint density at radius 1 is 0.531 bits per heavy atom. The van der Waals surface area contributed by atoms with Crippen LogP contribution in [0.3, 0.4) is 0 Å². The maximum Gasteiger partial charge on any atom is 0.0795 e. The van der Waals surface area contributed by atoms with Crippen molar-refractivity contribution in [3.63, 3.8) is 0 Å². The first-order chi connectivity index (χ1) is 15.1. The van der Waals surface area contributed by atoms with Crippen LogP contribution >= 0.6 is 22.7 Å². The third kappa shape index (κ3) is 2.90. The Kier molecular flexibility index (Phi) is 4.36. The fraction of sp³-hybridized carbons (Fsp3) is 0.214. The Bertz CT molecular complexity index is 1570. The van der Waals surface area contributed by atoms with Crippen molar-refractivity contribution in [2.24, 2.45) is 0 Å².